The molecule has 2 rings (SSSR count). The third-order valence-electron chi connectivity index (χ3n) is 3.26. The van der Waals surface area contributed by atoms with E-state index >= 15 is 0 Å². The molecule has 1 aliphatic rings. The molecule has 0 spiro atoms. The number of morpholine rings is 1. The highest BCUT2D eigenvalue weighted by Crippen LogP contribution is 2.25. The second-order valence-corrected chi connectivity index (χ2v) is 5.16. The summed E-state index contributed by atoms with van der Waals surface area (Å²) < 4.78 is 19.8. The van der Waals surface area contributed by atoms with Crippen molar-refractivity contribution in [2.24, 2.45) is 5.73 Å². The SMILES string of the molecule is CC1CN(c2ccc(C(C)N)cc2F)CC(C)O1. The van der Waals surface area contributed by atoms with E-state index in [4.69, 9.17) is 10.5 Å². The van der Waals surface area contributed by atoms with E-state index in [1.54, 1.807) is 0 Å². The second kappa shape index (κ2) is 5.24. The number of nitrogens with two attached hydrogens (primary N) is 1. The van der Waals surface area contributed by atoms with Crippen molar-refractivity contribution in [3.63, 3.8) is 0 Å². The normalized spacial score (nSPS) is 26.2. The summed E-state index contributed by atoms with van der Waals surface area (Å²) in [5.41, 5.74) is 7.22. The fourth-order valence-corrected chi connectivity index (χ4v) is 2.44. The monoisotopic (exact) mass is 252 g/mol. The topological polar surface area (TPSA) is 38.5 Å². The van der Waals surface area contributed by atoms with Crippen LogP contribution >= 0.6 is 0 Å². The van der Waals surface area contributed by atoms with Crippen LogP contribution in [0.15, 0.2) is 18.2 Å². The summed E-state index contributed by atoms with van der Waals surface area (Å²) in [6, 6.07) is 5.10. The van der Waals surface area contributed by atoms with Crippen molar-refractivity contribution in [1.29, 1.82) is 0 Å². The number of hydrogen-bond donors (Lipinski definition) is 1. The fraction of sp³-hybridized carbons (Fsp3) is 0.571. The van der Waals surface area contributed by atoms with E-state index in [1.165, 1.54) is 6.07 Å². The fourth-order valence-electron chi connectivity index (χ4n) is 2.44. The van der Waals surface area contributed by atoms with Gasteiger partial charge in [-0.3, -0.25) is 0 Å². The standard InChI is InChI=1S/C14H21FN2O/c1-9-7-17(8-10(2)18-9)14-5-4-12(11(3)16)6-13(14)15/h4-6,9-11H,7-8,16H2,1-3H3. The van der Waals surface area contributed by atoms with Gasteiger partial charge in [-0.15, -0.1) is 0 Å². The van der Waals surface area contributed by atoms with Crippen LogP contribution in [0.3, 0.4) is 0 Å². The summed E-state index contributed by atoms with van der Waals surface area (Å²) in [6.45, 7) is 7.32. The molecule has 4 heteroatoms. The molecule has 0 saturated carbocycles. The largest absolute Gasteiger partial charge is 0.372 e. The molecule has 1 aromatic rings. The molecule has 3 atom stereocenters. The Morgan fingerprint density at radius 1 is 1.33 bits per heavy atom. The van der Waals surface area contributed by atoms with Gasteiger partial charge in [-0.2, -0.15) is 0 Å². The van der Waals surface area contributed by atoms with Gasteiger partial charge in [0, 0.05) is 19.1 Å². The molecule has 0 aliphatic carbocycles. The number of ether oxygens (including phenoxy) is 1. The van der Waals surface area contributed by atoms with E-state index in [2.05, 4.69) is 0 Å². The van der Waals surface area contributed by atoms with Gasteiger partial charge in [0.25, 0.3) is 0 Å². The summed E-state index contributed by atoms with van der Waals surface area (Å²) in [5.74, 6) is -0.203. The number of anilines is 1. The Morgan fingerprint density at radius 2 is 1.94 bits per heavy atom. The van der Waals surface area contributed by atoms with E-state index < -0.39 is 0 Å². The minimum atomic E-state index is -0.203. The van der Waals surface area contributed by atoms with Crippen molar-refractivity contribution >= 4 is 5.69 Å². The van der Waals surface area contributed by atoms with Crippen LogP contribution in [-0.2, 0) is 4.74 Å². The van der Waals surface area contributed by atoms with Crippen LogP contribution in [0.1, 0.15) is 32.4 Å². The molecule has 18 heavy (non-hydrogen) atoms. The summed E-state index contributed by atoms with van der Waals surface area (Å²) in [4.78, 5) is 2.04. The Labute approximate surface area is 108 Å². The number of rotatable bonds is 2. The molecule has 3 nitrogen and oxygen atoms in total. The second-order valence-electron chi connectivity index (χ2n) is 5.16. The number of hydrogen-bond acceptors (Lipinski definition) is 3. The molecule has 1 aliphatic heterocycles. The number of nitrogens with zero attached hydrogens (tertiary/aromatic N) is 1. The van der Waals surface area contributed by atoms with Gasteiger partial charge < -0.3 is 15.4 Å². The average molecular weight is 252 g/mol. The lowest BCUT2D eigenvalue weighted by Gasteiger charge is -2.37. The van der Waals surface area contributed by atoms with Gasteiger partial charge in [0.05, 0.1) is 17.9 Å². The van der Waals surface area contributed by atoms with E-state index in [0.717, 1.165) is 18.7 Å². The molecule has 1 heterocycles. The van der Waals surface area contributed by atoms with Crippen molar-refractivity contribution in [2.45, 2.75) is 39.0 Å². The van der Waals surface area contributed by atoms with Crippen molar-refractivity contribution < 1.29 is 9.13 Å². The first-order valence-electron chi connectivity index (χ1n) is 6.43. The third-order valence-corrected chi connectivity index (χ3v) is 3.26. The summed E-state index contributed by atoms with van der Waals surface area (Å²) >= 11 is 0. The van der Waals surface area contributed by atoms with Crippen LogP contribution in [0.5, 0.6) is 0 Å². The maximum Gasteiger partial charge on any atom is 0.146 e. The van der Waals surface area contributed by atoms with E-state index in [-0.39, 0.29) is 24.1 Å². The first-order chi connectivity index (χ1) is 8.47. The molecular weight excluding hydrogens is 231 g/mol. The van der Waals surface area contributed by atoms with Crippen LogP contribution in [0.4, 0.5) is 10.1 Å². The molecule has 0 aromatic heterocycles. The zero-order valence-corrected chi connectivity index (χ0v) is 11.2. The van der Waals surface area contributed by atoms with Crippen LogP contribution in [0.25, 0.3) is 0 Å². The molecule has 1 fully saturated rings. The number of benzene rings is 1. The zero-order valence-electron chi connectivity index (χ0n) is 11.2. The Kier molecular flexibility index (Phi) is 3.88. The molecule has 2 N–H and O–H groups in total. The Balaban J connectivity index is 2.22. The smallest absolute Gasteiger partial charge is 0.146 e. The van der Waals surface area contributed by atoms with Gasteiger partial charge in [-0.05, 0) is 38.5 Å². The quantitative estimate of drug-likeness (QED) is 0.878. The minimum Gasteiger partial charge on any atom is -0.372 e. The predicted octanol–water partition coefficient (Wildman–Crippen LogP) is 2.46. The van der Waals surface area contributed by atoms with Gasteiger partial charge in [0.15, 0.2) is 0 Å². The lowest BCUT2D eigenvalue weighted by atomic mass is 10.1. The maximum atomic E-state index is 14.1. The maximum absolute atomic E-state index is 14.1. The summed E-state index contributed by atoms with van der Waals surface area (Å²) in [6.07, 6.45) is 0.252. The average Bonchev–Trinajstić information content (AvgIpc) is 2.27. The van der Waals surface area contributed by atoms with Crippen LogP contribution in [0.2, 0.25) is 0 Å². The third kappa shape index (κ3) is 2.82. The Hall–Kier alpha value is -1.13. The van der Waals surface area contributed by atoms with Gasteiger partial charge in [0.2, 0.25) is 0 Å². The summed E-state index contributed by atoms with van der Waals surface area (Å²) in [5, 5.41) is 0. The van der Waals surface area contributed by atoms with Gasteiger partial charge in [-0.1, -0.05) is 6.07 Å². The molecule has 1 aromatic carbocycles. The van der Waals surface area contributed by atoms with Gasteiger partial charge in [0.1, 0.15) is 5.82 Å². The first kappa shape index (κ1) is 13.3. The predicted molar refractivity (Wildman–Crippen MR) is 71.2 cm³/mol. The van der Waals surface area contributed by atoms with Crippen LogP contribution < -0.4 is 10.6 Å². The van der Waals surface area contributed by atoms with E-state index in [1.807, 2.05) is 37.8 Å². The highest BCUT2D eigenvalue weighted by Gasteiger charge is 2.24. The molecule has 1 saturated heterocycles. The Bertz CT molecular complexity index is 412. The molecule has 100 valence electrons. The van der Waals surface area contributed by atoms with Crippen LogP contribution in [0, 0.1) is 5.82 Å². The molecule has 3 unspecified atom stereocenters. The summed E-state index contributed by atoms with van der Waals surface area (Å²) in [7, 11) is 0. The molecule has 0 amide bonds. The lowest BCUT2D eigenvalue weighted by Crippen LogP contribution is -2.45. The van der Waals surface area contributed by atoms with Gasteiger partial charge >= 0.3 is 0 Å². The van der Waals surface area contributed by atoms with Crippen molar-refractivity contribution in [2.75, 3.05) is 18.0 Å². The molecular formula is C14H21FN2O. The van der Waals surface area contributed by atoms with Crippen LogP contribution in [-0.4, -0.2) is 25.3 Å². The molecule has 0 radical (unpaired) electrons. The highest BCUT2D eigenvalue weighted by atomic mass is 19.1. The van der Waals surface area contributed by atoms with Crippen molar-refractivity contribution in [3.8, 4) is 0 Å². The molecule has 0 bridgehead atoms. The van der Waals surface area contributed by atoms with E-state index in [9.17, 15) is 4.39 Å². The van der Waals surface area contributed by atoms with Crippen molar-refractivity contribution in [3.05, 3.63) is 29.6 Å². The minimum absolute atomic E-state index is 0.126. The Morgan fingerprint density at radius 3 is 2.44 bits per heavy atom. The van der Waals surface area contributed by atoms with E-state index in [0.29, 0.717) is 5.69 Å². The van der Waals surface area contributed by atoms with Crippen molar-refractivity contribution in [1.82, 2.24) is 0 Å². The highest BCUT2D eigenvalue weighted by molar-refractivity contribution is 5.50. The van der Waals surface area contributed by atoms with Gasteiger partial charge in [-0.25, -0.2) is 4.39 Å². The first-order valence-corrected chi connectivity index (χ1v) is 6.43. The zero-order chi connectivity index (χ0) is 13.3. The number of halogens is 1. The lowest BCUT2D eigenvalue weighted by molar-refractivity contribution is -0.00539.